The normalized spacial score (nSPS) is 11.1. The van der Waals surface area contributed by atoms with Crippen molar-refractivity contribution in [1.29, 1.82) is 0 Å². The molecule has 0 N–H and O–H groups in total. The summed E-state index contributed by atoms with van der Waals surface area (Å²) in [5, 5.41) is 0. The lowest BCUT2D eigenvalue weighted by Crippen LogP contribution is -2.12. The van der Waals surface area contributed by atoms with Gasteiger partial charge in [0.15, 0.2) is 5.78 Å². The van der Waals surface area contributed by atoms with E-state index in [4.69, 9.17) is 4.74 Å². The fourth-order valence-corrected chi connectivity index (χ4v) is 2.10. The van der Waals surface area contributed by atoms with Gasteiger partial charge in [-0.25, -0.2) is 9.18 Å². The van der Waals surface area contributed by atoms with Crippen molar-refractivity contribution < 1.29 is 18.7 Å². The highest BCUT2D eigenvalue weighted by Gasteiger charge is 2.16. The summed E-state index contributed by atoms with van der Waals surface area (Å²) in [4.78, 5) is 24.4. The Kier molecular flexibility index (Phi) is 5.80. The number of ether oxygens (including phenoxy) is 1. The van der Waals surface area contributed by atoms with Gasteiger partial charge in [-0.3, -0.25) is 4.79 Å². The molecular formula is C19H17FO3. The zero-order chi connectivity index (χ0) is 16.7. The minimum atomic E-state index is -0.568. The molecule has 0 heterocycles. The maximum Gasteiger partial charge on any atom is 0.334 e. The number of carbonyl (C=O) groups excluding carboxylic acids is 2. The van der Waals surface area contributed by atoms with Crippen molar-refractivity contribution in [2.24, 2.45) is 0 Å². The summed E-state index contributed by atoms with van der Waals surface area (Å²) in [6.07, 6.45) is 1.39. The number of carbonyl (C=O) groups is 2. The topological polar surface area (TPSA) is 43.4 Å². The quantitative estimate of drug-likeness (QED) is 0.459. The SMILES string of the molecule is CCOC(=O)/C(=C/c1cccc(F)c1)CC(=O)c1ccccc1. The van der Waals surface area contributed by atoms with Crippen LogP contribution in [0, 0.1) is 5.82 Å². The number of rotatable bonds is 6. The van der Waals surface area contributed by atoms with Gasteiger partial charge >= 0.3 is 5.97 Å². The van der Waals surface area contributed by atoms with Crippen LogP contribution in [0.15, 0.2) is 60.2 Å². The van der Waals surface area contributed by atoms with Crippen LogP contribution in [0.5, 0.6) is 0 Å². The Morgan fingerprint density at radius 3 is 2.48 bits per heavy atom. The van der Waals surface area contributed by atoms with Crippen molar-refractivity contribution in [2.45, 2.75) is 13.3 Å². The van der Waals surface area contributed by atoms with Crippen LogP contribution in [0.4, 0.5) is 4.39 Å². The standard InChI is InChI=1S/C19H17FO3/c1-2-23-19(22)16(11-14-7-6-10-17(20)12-14)13-18(21)15-8-4-3-5-9-15/h3-12H,2,13H2,1H3/b16-11+. The maximum atomic E-state index is 13.3. The third-order valence-corrected chi connectivity index (χ3v) is 3.17. The largest absolute Gasteiger partial charge is 0.463 e. The van der Waals surface area contributed by atoms with Crippen LogP contribution in [0.1, 0.15) is 29.3 Å². The summed E-state index contributed by atoms with van der Waals surface area (Å²) in [5.41, 5.74) is 1.22. The number of hydrogen-bond acceptors (Lipinski definition) is 3. The molecule has 2 aromatic carbocycles. The van der Waals surface area contributed by atoms with Crippen molar-refractivity contribution in [3.8, 4) is 0 Å². The van der Waals surface area contributed by atoms with Gasteiger partial charge in [0, 0.05) is 17.6 Å². The number of hydrogen-bond donors (Lipinski definition) is 0. The molecule has 0 saturated heterocycles. The highest BCUT2D eigenvalue weighted by Crippen LogP contribution is 2.16. The van der Waals surface area contributed by atoms with Crippen LogP contribution in [0.25, 0.3) is 6.08 Å². The van der Waals surface area contributed by atoms with Gasteiger partial charge in [-0.15, -0.1) is 0 Å². The van der Waals surface area contributed by atoms with E-state index < -0.39 is 11.8 Å². The first-order valence-electron chi connectivity index (χ1n) is 7.31. The molecule has 0 aliphatic carbocycles. The maximum absolute atomic E-state index is 13.3. The predicted molar refractivity (Wildman–Crippen MR) is 86.4 cm³/mol. The minimum absolute atomic E-state index is 0.0979. The van der Waals surface area contributed by atoms with E-state index in [1.807, 2.05) is 6.07 Å². The minimum Gasteiger partial charge on any atom is -0.463 e. The van der Waals surface area contributed by atoms with E-state index >= 15 is 0 Å². The Labute approximate surface area is 134 Å². The van der Waals surface area contributed by atoms with Gasteiger partial charge in [0.2, 0.25) is 0 Å². The van der Waals surface area contributed by atoms with Gasteiger partial charge < -0.3 is 4.74 Å². The molecule has 23 heavy (non-hydrogen) atoms. The third-order valence-electron chi connectivity index (χ3n) is 3.17. The lowest BCUT2D eigenvalue weighted by Gasteiger charge is -2.07. The monoisotopic (exact) mass is 312 g/mol. The molecule has 0 bridgehead atoms. The van der Waals surface area contributed by atoms with Gasteiger partial charge in [0.25, 0.3) is 0 Å². The lowest BCUT2D eigenvalue weighted by atomic mass is 10.0. The Balaban J connectivity index is 2.27. The smallest absolute Gasteiger partial charge is 0.334 e. The first-order valence-corrected chi connectivity index (χ1v) is 7.31. The highest BCUT2D eigenvalue weighted by molar-refractivity contribution is 6.05. The van der Waals surface area contributed by atoms with E-state index in [2.05, 4.69) is 0 Å². The predicted octanol–water partition coefficient (Wildman–Crippen LogP) is 4.05. The molecule has 0 amide bonds. The van der Waals surface area contributed by atoms with Crippen LogP contribution in [0.2, 0.25) is 0 Å². The summed E-state index contributed by atoms with van der Waals surface area (Å²) in [7, 11) is 0. The van der Waals surface area contributed by atoms with Gasteiger partial charge in [-0.05, 0) is 30.7 Å². The lowest BCUT2D eigenvalue weighted by molar-refractivity contribution is -0.138. The third kappa shape index (κ3) is 4.88. The molecule has 4 heteroatoms. The number of esters is 1. The van der Waals surface area contributed by atoms with Crippen molar-refractivity contribution in [3.63, 3.8) is 0 Å². The van der Waals surface area contributed by atoms with E-state index in [0.717, 1.165) is 0 Å². The summed E-state index contributed by atoms with van der Waals surface area (Å²) < 4.78 is 18.3. The summed E-state index contributed by atoms with van der Waals surface area (Å²) in [6, 6.07) is 14.5. The molecule has 0 aliphatic heterocycles. The number of halogens is 1. The van der Waals surface area contributed by atoms with Crippen LogP contribution in [-0.2, 0) is 9.53 Å². The summed E-state index contributed by atoms with van der Waals surface area (Å²) in [5.74, 6) is -1.17. The Hall–Kier alpha value is -2.75. The molecule has 0 aliphatic rings. The van der Waals surface area contributed by atoms with Crippen molar-refractivity contribution in [3.05, 3.63) is 77.1 Å². The first kappa shape index (κ1) is 16.6. The zero-order valence-corrected chi connectivity index (χ0v) is 12.8. The summed E-state index contributed by atoms with van der Waals surface area (Å²) >= 11 is 0. The summed E-state index contributed by atoms with van der Waals surface area (Å²) in [6.45, 7) is 1.90. The molecule has 0 radical (unpaired) electrons. The van der Waals surface area contributed by atoms with Crippen LogP contribution in [-0.4, -0.2) is 18.4 Å². The number of ketones is 1. The van der Waals surface area contributed by atoms with Crippen LogP contribution < -0.4 is 0 Å². The Morgan fingerprint density at radius 1 is 1.09 bits per heavy atom. The van der Waals surface area contributed by atoms with Gasteiger partial charge in [-0.2, -0.15) is 0 Å². The van der Waals surface area contributed by atoms with Gasteiger partial charge in [0.1, 0.15) is 5.82 Å². The average Bonchev–Trinajstić information content (AvgIpc) is 2.55. The molecular weight excluding hydrogens is 295 g/mol. The molecule has 2 rings (SSSR count). The van der Waals surface area contributed by atoms with Crippen LogP contribution in [0.3, 0.4) is 0 Å². The van der Waals surface area contributed by atoms with E-state index in [1.54, 1.807) is 43.3 Å². The molecule has 0 spiro atoms. The first-order chi connectivity index (χ1) is 11.1. The second-order valence-electron chi connectivity index (χ2n) is 4.91. The van der Waals surface area contributed by atoms with E-state index in [0.29, 0.717) is 11.1 Å². The van der Waals surface area contributed by atoms with Crippen molar-refractivity contribution in [2.75, 3.05) is 6.61 Å². The average molecular weight is 312 g/mol. The van der Waals surface area contributed by atoms with Crippen molar-refractivity contribution in [1.82, 2.24) is 0 Å². The fraction of sp³-hybridized carbons (Fsp3) is 0.158. The molecule has 2 aromatic rings. The van der Waals surface area contributed by atoms with Gasteiger partial charge in [-0.1, -0.05) is 42.5 Å². The van der Waals surface area contributed by atoms with E-state index in [9.17, 15) is 14.0 Å². The molecule has 0 atom stereocenters. The molecule has 0 unspecified atom stereocenters. The highest BCUT2D eigenvalue weighted by atomic mass is 19.1. The van der Waals surface area contributed by atoms with Gasteiger partial charge in [0.05, 0.1) is 6.61 Å². The number of Topliss-reactive ketones (excluding diaryl/α,β-unsaturated/α-hetero) is 1. The van der Waals surface area contributed by atoms with E-state index in [1.165, 1.54) is 18.2 Å². The number of benzene rings is 2. The second-order valence-corrected chi connectivity index (χ2v) is 4.91. The Morgan fingerprint density at radius 2 is 1.83 bits per heavy atom. The molecule has 0 aromatic heterocycles. The van der Waals surface area contributed by atoms with Crippen LogP contribution >= 0.6 is 0 Å². The van der Waals surface area contributed by atoms with Crippen molar-refractivity contribution >= 4 is 17.8 Å². The zero-order valence-electron chi connectivity index (χ0n) is 12.8. The fourth-order valence-electron chi connectivity index (χ4n) is 2.10. The Bertz CT molecular complexity index is 720. The molecule has 3 nitrogen and oxygen atoms in total. The molecule has 118 valence electrons. The molecule has 0 saturated carbocycles. The van der Waals surface area contributed by atoms with E-state index in [-0.39, 0.29) is 24.4 Å². The second kappa shape index (κ2) is 8.03. The molecule has 0 fully saturated rings.